The summed E-state index contributed by atoms with van der Waals surface area (Å²) in [5, 5.41) is 10.1. The van der Waals surface area contributed by atoms with Gasteiger partial charge in [0.1, 0.15) is 5.75 Å². The average Bonchev–Trinajstić information content (AvgIpc) is 2.68. The first-order valence-corrected chi connectivity index (χ1v) is 6.32. The lowest BCUT2D eigenvalue weighted by molar-refractivity contribution is 0.445. The monoisotopic (exact) mass is 218 g/mol. The van der Waals surface area contributed by atoms with E-state index in [1.807, 2.05) is 6.07 Å². The lowest BCUT2D eigenvalue weighted by Crippen LogP contribution is -2.11. The summed E-state index contributed by atoms with van der Waals surface area (Å²) in [4.78, 5) is 0. The van der Waals surface area contributed by atoms with Crippen LogP contribution in [-0.2, 0) is 5.41 Å². The molecule has 1 saturated carbocycles. The van der Waals surface area contributed by atoms with Crippen molar-refractivity contribution in [2.45, 2.75) is 57.8 Å². The number of aromatic hydroxyl groups is 1. The van der Waals surface area contributed by atoms with Gasteiger partial charge in [0, 0.05) is 0 Å². The molecule has 1 aromatic carbocycles. The normalized spacial score (nSPS) is 17.9. The molecule has 1 nitrogen and oxygen atoms in total. The fourth-order valence-electron chi connectivity index (χ4n) is 2.70. The molecule has 1 heteroatoms. The molecular weight excluding hydrogens is 196 g/mol. The fraction of sp³-hybridized carbons (Fsp3) is 0.600. The highest BCUT2D eigenvalue weighted by Crippen LogP contribution is 2.38. The van der Waals surface area contributed by atoms with Gasteiger partial charge in [-0.3, -0.25) is 0 Å². The zero-order valence-electron chi connectivity index (χ0n) is 10.6. The number of rotatable bonds is 1. The number of phenolic OH excluding ortho intramolecular Hbond substituents is 1. The minimum Gasteiger partial charge on any atom is -0.508 e. The first-order valence-electron chi connectivity index (χ1n) is 6.32. The maximum atomic E-state index is 10.1. The Hall–Kier alpha value is -0.980. The van der Waals surface area contributed by atoms with E-state index in [4.69, 9.17) is 0 Å². The van der Waals surface area contributed by atoms with Crippen molar-refractivity contribution < 1.29 is 5.11 Å². The Morgan fingerprint density at radius 2 is 1.75 bits per heavy atom. The molecule has 1 aliphatic carbocycles. The van der Waals surface area contributed by atoms with E-state index in [0.717, 1.165) is 5.56 Å². The van der Waals surface area contributed by atoms with Gasteiger partial charge in [-0.25, -0.2) is 0 Å². The van der Waals surface area contributed by atoms with Crippen LogP contribution in [0.1, 0.15) is 63.5 Å². The second kappa shape index (κ2) is 4.12. The molecule has 0 radical (unpaired) electrons. The summed E-state index contributed by atoms with van der Waals surface area (Å²) in [7, 11) is 0. The SMILES string of the molecule is CC(C)(C)c1ccc(C2CCCC2)cc1O. The van der Waals surface area contributed by atoms with Crippen LogP contribution in [0.4, 0.5) is 0 Å². The van der Waals surface area contributed by atoms with Crippen LogP contribution >= 0.6 is 0 Å². The number of benzene rings is 1. The van der Waals surface area contributed by atoms with Crippen LogP contribution in [0.25, 0.3) is 0 Å². The molecule has 0 atom stereocenters. The van der Waals surface area contributed by atoms with E-state index in [1.54, 1.807) is 0 Å². The summed E-state index contributed by atoms with van der Waals surface area (Å²) in [6.45, 7) is 6.41. The van der Waals surface area contributed by atoms with Gasteiger partial charge in [-0.15, -0.1) is 0 Å². The van der Waals surface area contributed by atoms with Gasteiger partial charge >= 0.3 is 0 Å². The summed E-state index contributed by atoms with van der Waals surface area (Å²) >= 11 is 0. The Balaban J connectivity index is 2.29. The van der Waals surface area contributed by atoms with E-state index < -0.39 is 0 Å². The third kappa shape index (κ3) is 2.23. The van der Waals surface area contributed by atoms with Crippen molar-refractivity contribution in [2.24, 2.45) is 0 Å². The molecule has 0 heterocycles. The summed E-state index contributed by atoms with van der Waals surface area (Å²) in [5.41, 5.74) is 2.40. The standard InChI is InChI=1S/C15H22O/c1-15(2,3)13-9-8-12(10-14(13)16)11-6-4-5-7-11/h8-11,16H,4-7H2,1-3H3. The second-order valence-corrected chi connectivity index (χ2v) is 6.01. The Morgan fingerprint density at radius 3 is 2.25 bits per heavy atom. The molecule has 0 unspecified atom stereocenters. The lowest BCUT2D eigenvalue weighted by atomic mass is 9.84. The number of hydrogen-bond acceptors (Lipinski definition) is 1. The van der Waals surface area contributed by atoms with Crippen LogP contribution in [0.3, 0.4) is 0 Å². The van der Waals surface area contributed by atoms with Gasteiger partial charge in [0.05, 0.1) is 0 Å². The Bertz CT molecular complexity index is 368. The molecule has 0 aliphatic heterocycles. The van der Waals surface area contributed by atoms with Crippen LogP contribution in [0.5, 0.6) is 5.75 Å². The first kappa shape index (κ1) is 11.5. The van der Waals surface area contributed by atoms with E-state index in [9.17, 15) is 5.11 Å². The zero-order chi connectivity index (χ0) is 11.8. The molecule has 1 aromatic rings. The molecule has 0 spiro atoms. The van der Waals surface area contributed by atoms with Crippen molar-refractivity contribution >= 4 is 0 Å². The molecule has 0 bridgehead atoms. The molecular formula is C15H22O. The van der Waals surface area contributed by atoms with Gasteiger partial charge in [0.25, 0.3) is 0 Å². The zero-order valence-corrected chi connectivity index (χ0v) is 10.6. The first-order chi connectivity index (χ1) is 7.48. The molecule has 1 aliphatic rings. The highest BCUT2D eigenvalue weighted by Gasteiger charge is 2.21. The number of phenols is 1. The Labute approximate surface area is 98.5 Å². The van der Waals surface area contributed by atoms with Crippen molar-refractivity contribution in [1.82, 2.24) is 0 Å². The lowest BCUT2D eigenvalue weighted by Gasteiger charge is -2.21. The van der Waals surface area contributed by atoms with Crippen molar-refractivity contribution in [3.8, 4) is 5.75 Å². The maximum Gasteiger partial charge on any atom is 0.119 e. The van der Waals surface area contributed by atoms with Crippen LogP contribution in [0, 0.1) is 0 Å². The average molecular weight is 218 g/mol. The van der Waals surface area contributed by atoms with E-state index in [-0.39, 0.29) is 5.41 Å². The summed E-state index contributed by atoms with van der Waals surface area (Å²) in [5.74, 6) is 1.15. The van der Waals surface area contributed by atoms with Gasteiger partial charge in [-0.2, -0.15) is 0 Å². The van der Waals surface area contributed by atoms with Gasteiger partial charge in [-0.1, -0.05) is 45.7 Å². The molecule has 16 heavy (non-hydrogen) atoms. The van der Waals surface area contributed by atoms with E-state index >= 15 is 0 Å². The smallest absolute Gasteiger partial charge is 0.119 e. The van der Waals surface area contributed by atoms with Crippen molar-refractivity contribution in [1.29, 1.82) is 0 Å². The third-order valence-corrected chi connectivity index (χ3v) is 3.66. The van der Waals surface area contributed by atoms with Crippen molar-refractivity contribution in [2.75, 3.05) is 0 Å². The van der Waals surface area contributed by atoms with Crippen LogP contribution in [0.15, 0.2) is 18.2 Å². The molecule has 1 fully saturated rings. The summed E-state index contributed by atoms with van der Waals surface area (Å²) < 4.78 is 0. The van der Waals surface area contributed by atoms with Crippen LogP contribution in [0.2, 0.25) is 0 Å². The summed E-state index contributed by atoms with van der Waals surface area (Å²) in [6, 6.07) is 6.29. The number of hydrogen-bond donors (Lipinski definition) is 1. The molecule has 2 rings (SSSR count). The van der Waals surface area contributed by atoms with Crippen molar-refractivity contribution in [3.05, 3.63) is 29.3 Å². The Kier molecular flexibility index (Phi) is 2.96. The molecule has 0 aromatic heterocycles. The maximum absolute atomic E-state index is 10.1. The highest BCUT2D eigenvalue weighted by molar-refractivity contribution is 5.41. The fourth-order valence-corrected chi connectivity index (χ4v) is 2.70. The largest absolute Gasteiger partial charge is 0.508 e. The predicted molar refractivity (Wildman–Crippen MR) is 68.0 cm³/mol. The van der Waals surface area contributed by atoms with Gasteiger partial charge in [0.2, 0.25) is 0 Å². The molecule has 88 valence electrons. The molecule has 0 amide bonds. The molecule has 1 N–H and O–H groups in total. The van der Waals surface area contributed by atoms with E-state index in [0.29, 0.717) is 11.7 Å². The topological polar surface area (TPSA) is 20.2 Å². The van der Waals surface area contributed by atoms with Gasteiger partial charge in [0.15, 0.2) is 0 Å². The quantitative estimate of drug-likeness (QED) is 0.743. The van der Waals surface area contributed by atoms with E-state index in [1.165, 1.54) is 31.2 Å². The van der Waals surface area contributed by atoms with E-state index in [2.05, 4.69) is 32.9 Å². The predicted octanol–water partition coefficient (Wildman–Crippen LogP) is 4.35. The highest BCUT2D eigenvalue weighted by atomic mass is 16.3. The van der Waals surface area contributed by atoms with Crippen LogP contribution in [-0.4, -0.2) is 5.11 Å². The Morgan fingerprint density at radius 1 is 1.12 bits per heavy atom. The van der Waals surface area contributed by atoms with Crippen molar-refractivity contribution in [3.63, 3.8) is 0 Å². The van der Waals surface area contributed by atoms with Crippen LogP contribution < -0.4 is 0 Å². The minimum absolute atomic E-state index is 0.0261. The van der Waals surface area contributed by atoms with Gasteiger partial charge < -0.3 is 5.11 Å². The second-order valence-electron chi connectivity index (χ2n) is 6.01. The third-order valence-electron chi connectivity index (χ3n) is 3.66. The minimum atomic E-state index is 0.0261. The molecule has 0 saturated heterocycles. The summed E-state index contributed by atoms with van der Waals surface area (Å²) in [6.07, 6.45) is 5.25. The van der Waals surface area contributed by atoms with Gasteiger partial charge in [-0.05, 0) is 41.4 Å².